The molecule has 34 heavy (non-hydrogen) atoms. The van der Waals surface area contributed by atoms with Gasteiger partial charge in [0, 0.05) is 13.0 Å². The molecule has 0 radical (unpaired) electrons. The van der Waals surface area contributed by atoms with Crippen LogP contribution >= 0.6 is 0 Å². The quantitative estimate of drug-likeness (QED) is 0.316. The lowest BCUT2D eigenvalue weighted by Gasteiger charge is -2.42. The standard InChI is InChI=1S/C14H12F17NO2/c1-5(2)34-6(33)32-4-3-7(15,16)8(17,18)9(19,20)10(21,22)11(23,24)12(25,26)13(27,28)14(29,30)31/h5H,3-4H2,1-2H3,(H,32,33). The molecule has 0 unspecified atom stereocenters. The van der Waals surface area contributed by atoms with Crippen molar-refractivity contribution in [2.45, 2.75) is 74.0 Å². The van der Waals surface area contributed by atoms with Gasteiger partial charge in [-0.05, 0) is 13.8 Å². The highest BCUT2D eigenvalue weighted by Crippen LogP contribution is 2.64. The molecule has 0 aliphatic carbocycles. The van der Waals surface area contributed by atoms with E-state index in [2.05, 4.69) is 4.74 Å². The number of halogens is 17. The highest BCUT2D eigenvalue weighted by Gasteiger charge is 2.95. The van der Waals surface area contributed by atoms with Gasteiger partial charge >= 0.3 is 53.7 Å². The van der Waals surface area contributed by atoms with Crippen molar-refractivity contribution in [1.29, 1.82) is 0 Å². The molecule has 0 saturated heterocycles. The third-order valence-electron chi connectivity index (χ3n) is 3.84. The average Bonchev–Trinajstić information content (AvgIpc) is 2.58. The first kappa shape index (κ1) is 32.1. The molecule has 0 heterocycles. The fourth-order valence-electron chi connectivity index (χ4n) is 1.93. The van der Waals surface area contributed by atoms with Crippen LogP contribution in [0.1, 0.15) is 20.3 Å². The molecule has 3 nitrogen and oxygen atoms in total. The van der Waals surface area contributed by atoms with Gasteiger partial charge in [-0.3, -0.25) is 0 Å². The number of carbonyl (C=O) groups is 1. The van der Waals surface area contributed by atoms with Crippen LogP contribution in [-0.4, -0.2) is 66.4 Å². The predicted octanol–water partition coefficient (Wildman–Crippen LogP) is 6.52. The second kappa shape index (κ2) is 8.94. The monoisotopic (exact) mass is 549 g/mol. The van der Waals surface area contributed by atoms with Crippen molar-refractivity contribution < 1.29 is 84.2 Å². The van der Waals surface area contributed by atoms with Gasteiger partial charge in [-0.15, -0.1) is 0 Å². The minimum Gasteiger partial charge on any atom is -0.447 e. The minimum atomic E-state index is -8.67. The van der Waals surface area contributed by atoms with Crippen molar-refractivity contribution in [2.24, 2.45) is 0 Å². The molecular weight excluding hydrogens is 537 g/mol. The molecule has 0 fully saturated rings. The molecule has 0 bridgehead atoms. The molecule has 204 valence electrons. The first-order chi connectivity index (χ1) is 14.6. The third-order valence-corrected chi connectivity index (χ3v) is 3.84. The van der Waals surface area contributed by atoms with Crippen molar-refractivity contribution in [1.82, 2.24) is 5.32 Å². The zero-order valence-electron chi connectivity index (χ0n) is 16.2. The number of hydrogen-bond acceptors (Lipinski definition) is 2. The molecule has 0 aromatic carbocycles. The van der Waals surface area contributed by atoms with Crippen LogP contribution in [0, 0.1) is 0 Å². The lowest BCUT2D eigenvalue weighted by molar-refractivity contribution is -0.461. The molecule has 0 spiro atoms. The van der Waals surface area contributed by atoms with Crippen LogP contribution in [0.2, 0.25) is 0 Å². The minimum absolute atomic E-state index is 0.955. The van der Waals surface area contributed by atoms with E-state index in [1.807, 2.05) is 0 Å². The summed E-state index contributed by atoms with van der Waals surface area (Å²) in [6.45, 7) is 0.543. The fraction of sp³-hybridized carbons (Fsp3) is 0.929. The highest BCUT2D eigenvalue weighted by atomic mass is 19.4. The molecule has 0 aromatic rings. The highest BCUT2D eigenvalue weighted by molar-refractivity contribution is 5.67. The zero-order valence-corrected chi connectivity index (χ0v) is 16.2. The largest absolute Gasteiger partial charge is 0.460 e. The van der Waals surface area contributed by atoms with Crippen molar-refractivity contribution in [3.05, 3.63) is 0 Å². The van der Waals surface area contributed by atoms with E-state index in [0.717, 1.165) is 0 Å². The number of ether oxygens (including phenoxy) is 1. The lowest BCUT2D eigenvalue weighted by atomic mass is 9.88. The second-order valence-electron chi connectivity index (χ2n) is 6.78. The molecule has 0 aromatic heterocycles. The number of hydrogen-bond donors (Lipinski definition) is 1. The van der Waals surface area contributed by atoms with Crippen LogP contribution in [0.25, 0.3) is 0 Å². The Balaban J connectivity index is 6.23. The van der Waals surface area contributed by atoms with E-state index >= 15 is 0 Å². The Kier molecular flexibility index (Phi) is 8.44. The number of nitrogens with one attached hydrogen (secondary N) is 1. The Morgan fingerprint density at radius 2 is 0.941 bits per heavy atom. The third kappa shape index (κ3) is 4.90. The maximum Gasteiger partial charge on any atom is 0.460 e. The molecule has 1 N–H and O–H groups in total. The van der Waals surface area contributed by atoms with Crippen molar-refractivity contribution in [3.63, 3.8) is 0 Å². The molecule has 20 heteroatoms. The van der Waals surface area contributed by atoms with Crippen LogP contribution in [-0.2, 0) is 4.74 Å². The van der Waals surface area contributed by atoms with Crippen LogP contribution in [0.15, 0.2) is 0 Å². The molecule has 0 aliphatic rings. The number of carbonyl (C=O) groups excluding carboxylic acids is 1. The van der Waals surface area contributed by atoms with Crippen LogP contribution < -0.4 is 5.32 Å². The smallest absolute Gasteiger partial charge is 0.447 e. The summed E-state index contributed by atoms with van der Waals surface area (Å²) in [4.78, 5) is 11.0. The molecular formula is C14H12F17NO2. The number of rotatable bonds is 10. The summed E-state index contributed by atoms with van der Waals surface area (Å²) in [5, 5.41) is 1.22. The zero-order chi connectivity index (χ0) is 28.0. The van der Waals surface area contributed by atoms with Gasteiger partial charge in [-0.25, -0.2) is 4.79 Å². The molecule has 0 atom stereocenters. The van der Waals surface area contributed by atoms with E-state index in [-0.39, 0.29) is 0 Å². The van der Waals surface area contributed by atoms with E-state index in [4.69, 9.17) is 0 Å². The Morgan fingerprint density at radius 3 is 1.26 bits per heavy atom. The van der Waals surface area contributed by atoms with Gasteiger partial charge in [-0.1, -0.05) is 0 Å². The van der Waals surface area contributed by atoms with Crippen molar-refractivity contribution in [2.75, 3.05) is 6.54 Å². The number of alkyl carbamates (subject to hydrolysis) is 1. The van der Waals surface area contributed by atoms with E-state index in [1.165, 1.54) is 19.2 Å². The summed E-state index contributed by atoms with van der Waals surface area (Å²) in [6.07, 6.45) is -13.2. The summed E-state index contributed by atoms with van der Waals surface area (Å²) < 4.78 is 226. The fourth-order valence-corrected chi connectivity index (χ4v) is 1.93. The summed E-state index contributed by atoms with van der Waals surface area (Å²) in [7, 11) is 0. The van der Waals surface area contributed by atoms with Crippen LogP contribution in [0.5, 0.6) is 0 Å². The van der Waals surface area contributed by atoms with Gasteiger partial charge < -0.3 is 10.1 Å². The molecule has 0 saturated carbocycles. The average molecular weight is 549 g/mol. The maximum atomic E-state index is 13.5. The summed E-state index contributed by atoms with van der Waals surface area (Å²) in [6, 6.07) is 0. The van der Waals surface area contributed by atoms with E-state index in [0.29, 0.717) is 0 Å². The molecule has 0 aliphatic heterocycles. The van der Waals surface area contributed by atoms with E-state index in [9.17, 15) is 79.4 Å². The molecule has 0 rings (SSSR count). The Bertz CT molecular complexity index is 728. The summed E-state index contributed by atoms with van der Waals surface area (Å²) in [5.41, 5.74) is 0. The first-order valence-electron chi connectivity index (χ1n) is 8.22. The maximum absolute atomic E-state index is 13.5. The Labute approximate surface area is 177 Å². The SMILES string of the molecule is CC(C)OC(=O)NCCC(F)(F)C(F)(F)C(F)(F)C(F)(F)C(F)(F)C(F)(F)C(F)(F)C(F)(F)F. The number of amides is 1. The normalized spacial score (nSPS) is 15.5. The van der Waals surface area contributed by atoms with Crippen LogP contribution in [0.3, 0.4) is 0 Å². The van der Waals surface area contributed by atoms with Gasteiger partial charge in [0.1, 0.15) is 0 Å². The van der Waals surface area contributed by atoms with E-state index < -0.39 is 72.8 Å². The topological polar surface area (TPSA) is 38.3 Å². The summed E-state index contributed by atoms with van der Waals surface area (Å²) >= 11 is 0. The van der Waals surface area contributed by atoms with Gasteiger partial charge in [-0.2, -0.15) is 74.6 Å². The van der Waals surface area contributed by atoms with Crippen molar-refractivity contribution in [3.8, 4) is 0 Å². The first-order valence-corrected chi connectivity index (χ1v) is 8.22. The lowest BCUT2D eigenvalue weighted by Crippen LogP contribution is -2.74. The second-order valence-corrected chi connectivity index (χ2v) is 6.78. The van der Waals surface area contributed by atoms with Crippen LogP contribution in [0.4, 0.5) is 79.4 Å². The summed E-state index contributed by atoms with van der Waals surface area (Å²) in [5.74, 6) is -56.7. The van der Waals surface area contributed by atoms with Gasteiger partial charge in [0.05, 0.1) is 6.10 Å². The van der Waals surface area contributed by atoms with Crippen molar-refractivity contribution >= 4 is 6.09 Å². The van der Waals surface area contributed by atoms with Gasteiger partial charge in [0.15, 0.2) is 0 Å². The molecule has 1 amide bonds. The van der Waals surface area contributed by atoms with Gasteiger partial charge in [0.2, 0.25) is 0 Å². The Morgan fingerprint density at radius 1 is 0.618 bits per heavy atom. The van der Waals surface area contributed by atoms with E-state index in [1.54, 1.807) is 0 Å². The van der Waals surface area contributed by atoms with Gasteiger partial charge in [0.25, 0.3) is 0 Å². The Hall–Kier alpha value is -1.92. The number of alkyl halides is 17. The predicted molar refractivity (Wildman–Crippen MR) is 74.9 cm³/mol.